The average Bonchev–Trinajstić information content (AvgIpc) is 1.43. The smallest absolute Gasteiger partial charge is 0.415 e. The van der Waals surface area contributed by atoms with Gasteiger partial charge in [0.25, 0.3) is 11.8 Å². The Morgan fingerprint density at radius 2 is 0.984 bits per heavy atom. The van der Waals surface area contributed by atoms with E-state index in [4.69, 9.17) is 47.0 Å². The van der Waals surface area contributed by atoms with Gasteiger partial charge >= 0.3 is 17.8 Å². The van der Waals surface area contributed by atoms with E-state index in [-0.39, 0.29) is 127 Å². The van der Waals surface area contributed by atoms with Crippen LogP contribution in [0.5, 0.6) is 5.75 Å². The quantitative estimate of drug-likeness (QED) is 0.0137. The minimum absolute atomic E-state index is 0.0767. The van der Waals surface area contributed by atoms with Gasteiger partial charge in [-0.2, -0.15) is 0 Å². The highest BCUT2D eigenvalue weighted by molar-refractivity contribution is 6.14. The zero-order chi connectivity index (χ0) is 93.7. The lowest BCUT2D eigenvalue weighted by Crippen LogP contribution is -2.62. The summed E-state index contributed by atoms with van der Waals surface area (Å²) in [5.74, 6) is -6.48. The summed E-state index contributed by atoms with van der Waals surface area (Å²) in [4.78, 5) is 191. The van der Waals surface area contributed by atoms with Gasteiger partial charge in [-0.3, -0.25) is 57.6 Å². The van der Waals surface area contributed by atoms with Crippen LogP contribution in [0.1, 0.15) is 200 Å². The van der Waals surface area contributed by atoms with Crippen molar-refractivity contribution in [1.29, 1.82) is 0 Å². The van der Waals surface area contributed by atoms with Gasteiger partial charge in [-0.15, -0.1) is 0 Å². The Morgan fingerprint density at radius 1 is 0.504 bits per heavy atom. The van der Waals surface area contributed by atoms with Gasteiger partial charge in [0.2, 0.25) is 53.2 Å². The molecule has 0 bridgehead atoms. The van der Waals surface area contributed by atoms with Crippen LogP contribution >= 0.6 is 0 Å². The van der Waals surface area contributed by atoms with Gasteiger partial charge in [-0.05, 0) is 184 Å². The SMILES string of the molecule is BC(C)(C)OCCC(C)(C)NC(=O)CCOCC(COCCC(=O)NC(C)(C)CCOC)(COCCC(=O)NC(C)(C)CCOC(C)(C)C)NC(=O)[C@H](CCC(=O)NC(C(=O)NCC(=O)Nc1ccc(COC(=O)N(C)CCN(C)C(=O)Oc2ccc3ccc(=O)oc3c2)cc1)C(C)C)NC(=O)CCC(C)(C)OCCC(C)(C)NC(=O)CCN1C(=O)C=CC1=O. The lowest BCUT2D eigenvalue weighted by atomic mass is 9.85. The second-order valence-corrected chi connectivity index (χ2v) is 37.0. The molecule has 0 fully saturated rings. The van der Waals surface area contributed by atoms with Crippen LogP contribution in [-0.2, 0) is 97.2 Å². The molecule has 3 aromatic rings. The van der Waals surface area contributed by atoms with Crippen molar-refractivity contribution in [2.75, 3.05) is 119 Å². The lowest BCUT2D eigenvalue weighted by molar-refractivity contribution is -0.137. The number of rotatable bonds is 57. The van der Waals surface area contributed by atoms with E-state index in [2.05, 4.69) is 47.9 Å². The number of amides is 13. The van der Waals surface area contributed by atoms with Crippen molar-refractivity contribution < 1.29 is 109 Å². The van der Waals surface area contributed by atoms with E-state index >= 15 is 4.79 Å². The normalized spacial score (nSPS) is 13.7. The van der Waals surface area contributed by atoms with E-state index in [1.165, 1.54) is 36.0 Å². The molecule has 0 saturated carbocycles. The molecule has 0 saturated heterocycles. The molecular weight excluding hydrogens is 1620 g/mol. The summed E-state index contributed by atoms with van der Waals surface area (Å²) < 4.78 is 58.4. The molecule has 36 nitrogen and oxygen atoms in total. The highest BCUT2D eigenvalue weighted by atomic mass is 16.6. The summed E-state index contributed by atoms with van der Waals surface area (Å²) in [6, 6.07) is 11.1. The third-order valence-corrected chi connectivity index (χ3v) is 19.7. The van der Waals surface area contributed by atoms with Crippen LogP contribution in [-0.4, -0.2) is 270 Å². The topological polar surface area (TPSA) is 453 Å². The first kappa shape index (κ1) is 107. The van der Waals surface area contributed by atoms with E-state index in [9.17, 15) is 62.3 Å². The Morgan fingerprint density at radius 3 is 1.49 bits per heavy atom. The maximum Gasteiger partial charge on any atom is 0.415 e. The summed E-state index contributed by atoms with van der Waals surface area (Å²) in [6.07, 6.45) is 1.10. The zero-order valence-electron chi connectivity index (χ0n) is 77.3. The minimum atomic E-state index is -1.73. The Labute approximate surface area is 736 Å². The number of hydrogen-bond donors (Lipinski definition) is 9. The number of benzene rings is 2. The van der Waals surface area contributed by atoms with Crippen molar-refractivity contribution in [3.05, 3.63) is 82.7 Å². The number of ether oxygens (including phenoxy) is 9. The average molecular weight is 1760 g/mol. The highest BCUT2D eigenvalue weighted by Crippen LogP contribution is 2.24. The highest BCUT2D eigenvalue weighted by Gasteiger charge is 2.39. The van der Waals surface area contributed by atoms with E-state index < -0.39 is 160 Å². The summed E-state index contributed by atoms with van der Waals surface area (Å²) in [5.41, 5.74) is -5.79. The van der Waals surface area contributed by atoms with E-state index in [0.717, 1.165) is 17.1 Å². The summed E-state index contributed by atoms with van der Waals surface area (Å²) in [7, 11) is 6.47. The van der Waals surface area contributed by atoms with Crippen LogP contribution in [0.4, 0.5) is 15.3 Å². The Balaban J connectivity index is 1.57. The summed E-state index contributed by atoms with van der Waals surface area (Å²) in [6.45, 7) is 30.0. The third-order valence-electron chi connectivity index (χ3n) is 19.7. The van der Waals surface area contributed by atoms with Gasteiger partial charge in [-0.1, -0.05) is 26.0 Å². The molecule has 1 aliphatic heterocycles. The third kappa shape index (κ3) is 44.2. The molecule has 0 spiro atoms. The van der Waals surface area contributed by atoms with Crippen LogP contribution < -0.4 is 58.2 Å². The zero-order valence-corrected chi connectivity index (χ0v) is 77.3. The standard InChI is InChI=1S/C88H139BN12O24/c1-59(2)76(78(113)90-54-72(108)91-62-25-21-60(22-26-62)55-120-79(114)99(18)44-45-100(19)80(115)124-63-27-23-61-24-32-75(111)125-65(61)53-63)93-66(102)29-28-64(92-67(103)33-38-86(14,15)122-51-41-84(10,11)94-68(104)34-43-101-73(109)30-31-74(101)110)77(112)98-88(56-117-46-35-69(105)95-82(6,7)39-49-116-20,57-118-47-36-70(106)96-83(8,9)40-50-121-81(3,4)5)58-119-48-37-71(107)97-85(12,13)42-52-123-87(16,17)89/h21-27,30-32,53,59,64,76H,28-29,33-52,54-58,89H2,1-20H3,(H,90,113)(H,91,108)(H,92,103)(H,93,102)(H,94,104)(H,95,105)(H,96,106)(H,97,107)(H,98,112)/t64-,76?,88?/m0/s1. The van der Waals surface area contributed by atoms with Crippen molar-refractivity contribution in [3.8, 4) is 5.75 Å². The minimum Gasteiger partial charge on any atom is -0.445 e. The van der Waals surface area contributed by atoms with Crippen LogP contribution in [0.2, 0.25) is 0 Å². The fourth-order valence-corrected chi connectivity index (χ4v) is 12.2. The molecule has 1 aliphatic rings. The first-order valence-electron chi connectivity index (χ1n) is 42.5. The molecule has 37 heteroatoms. The Kier molecular flexibility index (Phi) is 43.3. The second-order valence-electron chi connectivity index (χ2n) is 37.0. The van der Waals surface area contributed by atoms with Gasteiger partial charge < -0.3 is 105 Å². The van der Waals surface area contributed by atoms with Crippen LogP contribution in [0.3, 0.4) is 0 Å². The van der Waals surface area contributed by atoms with Crippen molar-refractivity contribution >= 4 is 102 Å². The van der Waals surface area contributed by atoms with Gasteiger partial charge in [0, 0.05) is 169 Å². The fraction of sp³-hybridized carbons (Fsp3) is 0.659. The molecule has 698 valence electrons. The van der Waals surface area contributed by atoms with Crippen molar-refractivity contribution in [2.24, 2.45) is 5.92 Å². The molecule has 1 aromatic heterocycles. The van der Waals surface area contributed by atoms with Crippen molar-refractivity contribution in [3.63, 3.8) is 0 Å². The number of anilines is 1. The van der Waals surface area contributed by atoms with Crippen molar-refractivity contribution in [2.45, 2.75) is 258 Å². The predicted octanol–water partition coefficient (Wildman–Crippen LogP) is 5.91. The lowest BCUT2D eigenvalue weighted by Gasteiger charge is -2.36. The van der Waals surface area contributed by atoms with Gasteiger partial charge in [0.1, 0.15) is 43.4 Å². The van der Waals surface area contributed by atoms with Crippen molar-refractivity contribution in [1.82, 2.24) is 57.2 Å². The molecule has 125 heavy (non-hydrogen) atoms. The first-order valence-corrected chi connectivity index (χ1v) is 42.5. The number of methoxy groups -OCH3 is 1. The largest absolute Gasteiger partial charge is 0.445 e. The number of imide groups is 1. The van der Waals surface area contributed by atoms with Gasteiger partial charge in [0.05, 0.1) is 57.4 Å². The van der Waals surface area contributed by atoms with Gasteiger partial charge in [0.15, 0.2) is 0 Å². The number of hydrogen-bond acceptors (Lipinski definition) is 24. The molecule has 4 rings (SSSR count). The molecule has 13 amide bonds. The molecular formula is C88H139BN12O24. The summed E-state index contributed by atoms with van der Waals surface area (Å²) >= 11 is 0. The number of fused-ring (bicyclic) bond motifs is 1. The number of nitrogens with one attached hydrogen (secondary N) is 9. The van der Waals surface area contributed by atoms with Crippen LogP contribution in [0, 0.1) is 5.92 Å². The molecule has 2 aromatic carbocycles. The number of carbonyl (C=O) groups is 13. The Hall–Kier alpha value is -9.92. The Bertz CT molecular complexity index is 4100. The maximum atomic E-state index is 15.5. The van der Waals surface area contributed by atoms with Gasteiger partial charge in [-0.25, -0.2) is 14.4 Å². The molecule has 3 atom stereocenters. The van der Waals surface area contributed by atoms with E-state index in [1.54, 1.807) is 91.1 Å². The molecule has 0 radical (unpaired) electrons. The number of carbonyl (C=O) groups excluding carboxylic acids is 13. The van der Waals surface area contributed by atoms with E-state index in [1.807, 2.05) is 84.0 Å². The molecule has 9 N–H and O–H groups in total. The van der Waals surface area contributed by atoms with E-state index in [0.29, 0.717) is 62.1 Å². The predicted molar refractivity (Wildman–Crippen MR) is 470 cm³/mol. The molecule has 0 aliphatic carbocycles. The molecule has 2 heterocycles. The second kappa shape index (κ2) is 50.4. The fourth-order valence-electron chi connectivity index (χ4n) is 12.2. The molecule has 2 unspecified atom stereocenters. The summed E-state index contributed by atoms with van der Waals surface area (Å²) in [5, 5.41) is 26.4. The maximum absolute atomic E-state index is 15.5. The number of likely N-dealkylation sites (N-methyl/N-ethyl adjacent to an activating group) is 2. The first-order chi connectivity index (χ1) is 58.2. The van der Waals surface area contributed by atoms with Crippen LogP contribution in [0.25, 0.3) is 11.0 Å². The number of nitrogens with zero attached hydrogens (tertiary/aromatic N) is 3. The monoisotopic (exact) mass is 1760 g/mol. The van der Waals surface area contributed by atoms with Crippen LogP contribution in [0.15, 0.2) is 76.0 Å².